The molecule has 0 aliphatic heterocycles. The molecule has 0 heterocycles. The van der Waals surface area contributed by atoms with Crippen molar-refractivity contribution in [2.75, 3.05) is 5.75 Å². The predicted molar refractivity (Wildman–Crippen MR) is 80.2 cm³/mol. The van der Waals surface area contributed by atoms with E-state index in [0.29, 0.717) is 18.7 Å². The first-order valence-corrected chi connectivity index (χ1v) is 6.95. The molecular weight excluding hydrogens is 242 g/mol. The Morgan fingerprint density at radius 3 is 2.50 bits per heavy atom. The van der Waals surface area contributed by atoms with Crippen LogP contribution in [0.2, 0.25) is 0 Å². The van der Waals surface area contributed by atoms with E-state index in [1.165, 1.54) is 16.7 Å². The van der Waals surface area contributed by atoms with Crippen LogP contribution in [0.15, 0.2) is 18.2 Å². The summed E-state index contributed by atoms with van der Waals surface area (Å²) in [6.45, 7) is 9.31. The average molecular weight is 265 g/mol. The number of amides is 1. The Balaban J connectivity index is 2.72. The molecule has 0 saturated carbocycles. The number of carbonyl (C=O) groups excluding carboxylic acids is 1. The first kappa shape index (κ1) is 15.1. The Morgan fingerprint density at radius 2 is 2.00 bits per heavy atom. The van der Waals surface area contributed by atoms with Gasteiger partial charge in [0, 0.05) is 13.0 Å². The maximum absolute atomic E-state index is 11.4. The van der Waals surface area contributed by atoms with E-state index in [1.807, 2.05) is 0 Å². The Bertz CT molecular complexity index is 421. The van der Waals surface area contributed by atoms with Crippen LogP contribution in [0.1, 0.15) is 43.9 Å². The van der Waals surface area contributed by atoms with Crippen molar-refractivity contribution in [3.8, 4) is 0 Å². The highest BCUT2D eigenvalue weighted by molar-refractivity contribution is 7.80. The zero-order chi connectivity index (χ0) is 13.8. The molecule has 0 radical (unpaired) electrons. The number of thiol groups is 1. The molecule has 1 rings (SSSR count). The molecule has 1 amide bonds. The quantitative estimate of drug-likeness (QED) is 0.804. The summed E-state index contributed by atoms with van der Waals surface area (Å²) in [5.74, 6) is 0.651. The fraction of sp³-hybridized carbons (Fsp3) is 0.533. The SMILES string of the molecule is Cc1cc(C(C)(C)C)ccc1CNC(=O)CCS. The van der Waals surface area contributed by atoms with Crippen molar-refractivity contribution < 1.29 is 4.79 Å². The van der Waals surface area contributed by atoms with Crippen molar-refractivity contribution in [2.45, 2.75) is 46.1 Å². The van der Waals surface area contributed by atoms with Crippen LogP contribution in [-0.4, -0.2) is 11.7 Å². The van der Waals surface area contributed by atoms with Crippen LogP contribution in [0.4, 0.5) is 0 Å². The van der Waals surface area contributed by atoms with Crippen molar-refractivity contribution in [3.63, 3.8) is 0 Å². The summed E-state index contributed by atoms with van der Waals surface area (Å²) in [6, 6.07) is 6.46. The van der Waals surface area contributed by atoms with Gasteiger partial charge in [0.2, 0.25) is 5.91 Å². The number of carbonyl (C=O) groups is 1. The first-order chi connectivity index (χ1) is 8.34. The van der Waals surface area contributed by atoms with E-state index in [-0.39, 0.29) is 11.3 Å². The second kappa shape index (κ2) is 6.28. The third kappa shape index (κ3) is 4.37. The Kier molecular flexibility index (Phi) is 5.27. The lowest BCUT2D eigenvalue weighted by atomic mass is 9.85. The van der Waals surface area contributed by atoms with Crippen molar-refractivity contribution in [3.05, 3.63) is 34.9 Å². The van der Waals surface area contributed by atoms with E-state index in [1.54, 1.807) is 0 Å². The minimum absolute atomic E-state index is 0.0595. The number of aryl methyl sites for hydroxylation is 1. The van der Waals surface area contributed by atoms with Gasteiger partial charge in [-0.1, -0.05) is 39.0 Å². The average Bonchev–Trinajstić information content (AvgIpc) is 2.26. The molecule has 0 aliphatic rings. The van der Waals surface area contributed by atoms with Crippen LogP contribution < -0.4 is 5.32 Å². The minimum Gasteiger partial charge on any atom is -0.352 e. The minimum atomic E-state index is 0.0595. The molecule has 2 nitrogen and oxygen atoms in total. The highest BCUT2D eigenvalue weighted by Gasteiger charge is 2.14. The van der Waals surface area contributed by atoms with E-state index < -0.39 is 0 Å². The molecule has 3 heteroatoms. The number of nitrogens with one attached hydrogen (secondary N) is 1. The summed E-state index contributed by atoms with van der Waals surface area (Å²) in [7, 11) is 0. The molecule has 100 valence electrons. The van der Waals surface area contributed by atoms with Gasteiger partial charge in [-0.25, -0.2) is 0 Å². The van der Waals surface area contributed by atoms with Gasteiger partial charge in [0.1, 0.15) is 0 Å². The van der Waals surface area contributed by atoms with Crippen LogP contribution in [0, 0.1) is 6.92 Å². The zero-order valence-electron chi connectivity index (χ0n) is 11.7. The molecular formula is C15H23NOS. The largest absolute Gasteiger partial charge is 0.352 e. The number of hydrogen-bond donors (Lipinski definition) is 2. The van der Waals surface area contributed by atoms with Crippen molar-refractivity contribution in [1.29, 1.82) is 0 Å². The van der Waals surface area contributed by atoms with Gasteiger partial charge in [0.15, 0.2) is 0 Å². The Hall–Kier alpha value is -0.960. The molecule has 1 N–H and O–H groups in total. The van der Waals surface area contributed by atoms with Crippen molar-refractivity contribution in [1.82, 2.24) is 5.32 Å². The Labute approximate surface area is 116 Å². The van der Waals surface area contributed by atoms with E-state index in [4.69, 9.17) is 0 Å². The van der Waals surface area contributed by atoms with E-state index in [0.717, 1.165) is 0 Å². The fourth-order valence-electron chi connectivity index (χ4n) is 1.74. The molecule has 1 aromatic carbocycles. The second-order valence-corrected chi connectivity index (χ2v) is 6.09. The third-order valence-corrected chi connectivity index (χ3v) is 3.25. The molecule has 0 aromatic heterocycles. The summed E-state index contributed by atoms with van der Waals surface area (Å²) in [6.07, 6.45) is 0.474. The summed E-state index contributed by atoms with van der Waals surface area (Å²) < 4.78 is 0. The molecule has 0 atom stereocenters. The van der Waals surface area contributed by atoms with Gasteiger partial charge in [-0.2, -0.15) is 12.6 Å². The molecule has 0 fully saturated rings. The number of hydrogen-bond acceptors (Lipinski definition) is 2. The van der Waals surface area contributed by atoms with Crippen LogP contribution >= 0.6 is 12.6 Å². The lowest BCUT2D eigenvalue weighted by molar-refractivity contribution is -0.120. The highest BCUT2D eigenvalue weighted by atomic mass is 32.1. The Morgan fingerprint density at radius 1 is 1.33 bits per heavy atom. The highest BCUT2D eigenvalue weighted by Crippen LogP contribution is 2.24. The van der Waals surface area contributed by atoms with E-state index in [2.05, 4.69) is 63.8 Å². The molecule has 0 bridgehead atoms. The standard InChI is InChI=1S/C15H23NOS/c1-11-9-13(15(2,3)4)6-5-12(11)10-16-14(17)7-8-18/h5-6,9,18H,7-8,10H2,1-4H3,(H,16,17). The summed E-state index contributed by atoms with van der Waals surface area (Å²) in [5.41, 5.74) is 3.90. The molecule has 0 spiro atoms. The summed E-state index contributed by atoms with van der Waals surface area (Å²) in [4.78, 5) is 11.4. The second-order valence-electron chi connectivity index (χ2n) is 5.64. The molecule has 0 saturated heterocycles. The van der Waals surface area contributed by atoms with Gasteiger partial charge in [-0.15, -0.1) is 0 Å². The van der Waals surface area contributed by atoms with Gasteiger partial charge in [0.05, 0.1) is 0 Å². The van der Waals surface area contributed by atoms with Crippen molar-refractivity contribution >= 4 is 18.5 Å². The van der Waals surface area contributed by atoms with E-state index >= 15 is 0 Å². The maximum atomic E-state index is 11.4. The fourth-order valence-corrected chi connectivity index (χ4v) is 1.95. The number of benzene rings is 1. The van der Waals surface area contributed by atoms with Crippen LogP contribution in [0.5, 0.6) is 0 Å². The van der Waals surface area contributed by atoms with E-state index in [9.17, 15) is 4.79 Å². The molecule has 0 unspecified atom stereocenters. The van der Waals surface area contributed by atoms with Crippen LogP contribution in [0.25, 0.3) is 0 Å². The van der Waals surface area contributed by atoms with Gasteiger partial charge < -0.3 is 5.32 Å². The molecule has 0 aliphatic carbocycles. The molecule has 18 heavy (non-hydrogen) atoms. The third-order valence-electron chi connectivity index (χ3n) is 3.02. The van der Waals surface area contributed by atoms with Gasteiger partial charge in [-0.3, -0.25) is 4.79 Å². The lowest BCUT2D eigenvalue weighted by Gasteiger charge is -2.20. The predicted octanol–water partition coefficient (Wildman–Crippen LogP) is 3.23. The first-order valence-electron chi connectivity index (χ1n) is 6.32. The lowest BCUT2D eigenvalue weighted by Crippen LogP contribution is -2.23. The van der Waals surface area contributed by atoms with Gasteiger partial charge in [0.25, 0.3) is 0 Å². The topological polar surface area (TPSA) is 29.1 Å². The van der Waals surface area contributed by atoms with Gasteiger partial charge >= 0.3 is 0 Å². The summed E-state index contributed by atoms with van der Waals surface area (Å²) >= 11 is 4.04. The van der Waals surface area contributed by atoms with Crippen LogP contribution in [-0.2, 0) is 16.8 Å². The van der Waals surface area contributed by atoms with Crippen molar-refractivity contribution in [2.24, 2.45) is 0 Å². The van der Waals surface area contributed by atoms with Gasteiger partial charge in [-0.05, 0) is 34.8 Å². The maximum Gasteiger partial charge on any atom is 0.221 e. The summed E-state index contributed by atoms with van der Waals surface area (Å²) in [5, 5.41) is 2.91. The normalized spacial score (nSPS) is 11.4. The number of rotatable bonds is 4. The van der Waals surface area contributed by atoms with Crippen LogP contribution in [0.3, 0.4) is 0 Å². The molecule has 1 aromatic rings. The monoisotopic (exact) mass is 265 g/mol. The zero-order valence-corrected chi connectivity index (χ0v) is 12.6. The smallest absolute Gasteiger partial charge is 0.221 e.